The smallest absolute Gasteiger partial charge is 0.220 e. The van der Waals surface area contributed by atoms with E-state index < -0.39 is 0 Å². The van der Waals surface area contributed by atoms with Crippen LogP contribution in [0.4, 0.5) is 11.4 Å². The van der Waals surface area contributed by atoms with Gasteiger partial charge in [0.05, 0.1) is 53.5 Å². The van der Waals surface area contributed by atoms with Crippen molar-refractivity contribution in [1.29, 1.82) is 5.26 Å². The summed E-state index contributed by atoms with van der Waals surface area (Å²) >= 11 is 6.74. The first-order valence-corrected chi connectivity index (χ1v) is 15.5. The molecule has 2 heterocycles. The molecule has 9 nitrogen and oxygen atoms in total. The monoisotopic (exact) mass is 583 g/mol. The molecule has 7 unspecified atom stereocenters. The van der Waals surface area contributed by atoms with E-state index in [0.717, 1.165) is 49.3 Å². The summed E-state index contributed by atoms with van der Waals surface area (Å²) in [7, 11) is 4.02. The molecule has 1 aliphatic carbocycles. The molecule has 1 fully saturated rings. The summed E-state index contributed by atoms with van der Waals surface area (Å²) in [5, 5.41) is 21.1. The maximum Gasteiger partial charge on any atom is 0.220 e. The summed E-state index contributed by atoms with van der Waals surface area (Å²) < 4.78 is 6.08. The predicted octanol–water partition coefficient (Wildman–Crippen LogP) is 4.78. The van der Waals surface area contributed by atoms with Crippen LogP contribution in [0.2, 0.25) is 5.02 Å². The number of aliphatic imine (C=N–C) groups is 2. The summed E-state index contributed by atoms with van der Waals surface area (Å²) in [6, 6.07) is 8.57. The molecule has 0 bridgehead atoms. The molecular formula is C31H46ClN7O2. The minimum Gasteiger partial charge on any atom is -0.380 e. The van der Waals surface area contributed by atoms with E-state index in [9.17, 15) is 10.1 Å². The molecule has 1 amide bonds. The molecule has 3 N–H and O–H groups in total. The molecule has 10 heteroatoms. The fourth-order valence-corrected chi connectivity index (χ4v) is 6.48. The van der Waals surface area contributed by atoms with Gasteiger partial charge in [-0.2, -0.15) is 5.26 Å². The third-order valence-corrected chi connectivity index (χ3v) is 8.76. The average molecular weight is 584 g/mol. The molecule has 0 saturated heterocycles. The number of carbonyl (C=O) groups is 1. The van der Waals surface area contributed by atoms with Gasteiger partial charge in [-0.05, 0) is 91.0 Å². The number of carbonyl (C=O) groups excluding carboxylic acids is 1. The van der Waals surface area contributed by atoms with Crippen molar-refractivity contribution in [2.45, 2.75) is 89.1 Å². The van der Waals surface area contributed by atoms with Gasteiger partial charge in [0.15, 0.2) is 0 Å². The Bertz CT molecular complexity index is 1130. The normalized spacial score (nSPS) is 28.3. The van der Waals surface area contributed by atoms with Crippen molar-refractivity contribution >= 4 is 40.8 Å². The first kappa shape index (κ1) is 31.3. The highest BCUT2D eigenvalue weighted by Gasteiger charge is 2.44. The van der Waals surface area contributed by atoms with Crippen LogP contribution in [0.5, 0.6) is 0 Å². The standard InChI is InChI=1S/C31H46ClN7O2/c1-5-41-29-17-27-23(16-28(29)38-30(40)10-8-14-39(3)4)31(21(18-33)19-35-27)37-22-11-12-26(24(32)15-22)36-20(2)25-9-6-7-13-34-25/h11-13,15,20-21,23,25,28-29,31,36-37H,5-10,14,16-17,19H2,1-4H3,(H,38,40). The fraction of sp³-hybridized carbons (Fsp3) is 0.677. The van der Waals surface area contributed by atoms with Crippen LogP contribution in [0.25, 0.3) is 0 Å². The van der Waals surface area contributed by atoms with Crippen LogP contribution in [-0.4, -0.2) is 86.8 Å². The van der Waals surface area contributed by atoms with Gasteiger partial charge in [0.2, 0.25) is 5.91 Å². The second kappa shape index (κ2) is 15.0. The first-order chi connectivity index (χ1) is 19.8. The van der Waals surface area contributed by atoms with E-state index in [4.69, 9.17) is 21.3 Å². The lowest BCUT2D eigenvalue weighted by atomic mass is 9.72. The van der Waals surface area contributed by atoms with Crippen molar-refractivity contribution in [3.63, 3.8) is 0 Å². The molecule has 2 aliphatic heterocycles. The molecule has 0 radical (unpaired) electrons. The van der Waals surface area contributed by atoms with Crippen molar-refractivity contribution in [2.75, 3.05) is 44.4 Å². The molecule has 41 heavy (non-hydrogen) atoms. The van der Waals surface area contributed by atoms with Crippen LogP contribution in [-0.2, 0) is 9.53 Å². The molecule has 0 spiro atoms. The van der Waals surface area contributed by atoms with E-state index in [1.54, 1.807) is 0 Å². The van der Waals surface area contributed by atoms with E-state index in [0.29, 0.717) is 37.4 Å². The van der Waals surface area contributed by atoms with Gasteiger partial charge >= 0.3 is 0 Å². The number of anilines is 2. The number of nitrogens with one attached hydrogen (secondary N) is 3. The number of fused-ring (bicyclic) bond motifs is 1. The Labute approximate surface area is 250 Å². The first-order valence-electron chi connectivity index (χ1n) is 15.1. The lowest BCUT2D eigenvalue weighted by molar-refractivity contribution is -0.123. The lowest BCUT2D eigenvalue weighted by Crippen LogP contribution is -2.56. The summed E-state index contributed by atoms with van der Waals surface area (Å²) in [6.07, 6.45) is 7.81. The maximum absolute atomic E-state index is 12.8. The van der Waals surface area contributed by atoms with Gasteiger partial charge in [0.25, 0.3) is 0 Å². The van der Waals surface area contributed by atoms with Crippen molar-refractivity contribution in [1.82, 2.24) is 10.2 Å². The van der Waals surface area contributed by atoms with Crippen LogP contribution >= 0.6 is 11.6 Å². The van der Waals surface area contributed by atoms with Crippen molar-refractivity contribution in [3.8, 4) is 6.07 Å². The third-order valence-electron chi connectivity index (χ3n) is 8.45. The number of nitrogens with zero attached hydrogens (tertiary/aromatic N) is 4. The summed E-state index contributed by atoms with van der Waals surface area (Å²) in [5.74, 6) is -0.232. The van der Waals surface area contributed by atoms with Crippen molar-refractivity contribution in [2.24, 2.45) is 21.8 Å². The number of hydrogen-bond acceptors (Lipinski definition) is 8. The zero-order chi connectivity index (χ0) is 29.4. The van der Waals surface area contributed by atoms with E-state index in [2.05, 4.69) is 38.8 Å². The van der Waals surface area contributed by atoms with Gasteiger partial charge in [-0.25, -0.2) is 0 Å². The molecule has 1 aromatic carbocycles. The minimum atomic E-state index is -0.287. The molecule has 4 rings (SSSR count). The molecular weight excluding hydrogens is 538 g/mol. The fourth-order valence-electron chi connectivity index (χ4n) is 6.24. The number of hydrogen-bond donors (Lipinski definition) is 3. The van der Waals surface area contributed by atoms with Crippen LogP contribution in [0, 0.1) is 23.2 Å². The second-order valence-corrected chi connectivity index (χ2v) is 12.2. The Morgan fingerprint density at radius 2 is 2.17 bits per heavy atom. The highest BCUT2D eigenvalue weighted by atomic mass is 35.5. The van der Waals surface area contributed by atoms with Crippen LogP contribution in [0.15, 0.2) is 28.2 Å². The van der Waals surface area contributed by atoms with Crippen molar-refractivity contribution < 1.29 is 9.53 Å². The molecule has 224 valence electrons. The lowest BCUT2D eigenvalue weighted by Gasteiger charge is -2.44. The molecule has 7 atom stereocenters. The molecule has 1 saturated carbocycles. The Kier molecular flexibility index (Phi) is 11.4. The summed E-state index contributed by atoms with van der Waals surface area (Å²) in [6.45, 7) is 6.01. The Balaban J connectivity index is 1.46. The van der Waals surface area contributed by atoms with Gasteiger partial charge < -0.3 is 25.6 Å². The van der Waals surface area contributed by atoms with E-state index >= 15 is 0 Å². The Morgan fingerprint density at radius 1 is 1.34 bits per heavy atom. The maximum atomic E-state index is 12.8. The number of benzene rings is 1. The third kappa shape index (κ3) is 8.43. The molecule has 0 aromatic heterocycles. The van der Waals surface area contributed by atoms with Gasteiger partial charge in [0.1, 0.15) is 0 Å². The number of nitriles is 1. The topological polar surface area (TPSA) is 114 Å². The predicted molar refractivity (Wildman–Crippen MR) is 167 cm³/mol. The Hall–Kier alpha value is -2.67. The minimum absolute atomic E-state index is 0.0120. The van der Waals surface area contributed by atoms with E-state index in [1.807, 2.05) is 45.4 Å². The highest BCUT2D eigenvalue weighted by Crippen LogP contribution is 2.36. The average Bonchev–Trinajstić information content (AvgIpc) is 2.95. The van der Waals surface area contributed by atoms with Gasteiger partial charge in [-0.3, -0.25) is 14.8 Å². The quantitative estimate of drug-likeness (QED) is 0.326. The van der Waals surface area contributed by atoms with E-state index in [1.165, 1.54) is 0 Å². The number of rotatable bonds is 12. The van der Waals surface area contributed by atoms with Crippen molar-refractivity contribution in [3.05, 3.63) is 23.2 Å². The molecule has 3 aliphatic rings. The molecule has 1 aromatic rings. The zero-order valence-electron chi connectivity index (χ0n) is 24.9. The van der Waals surface area contributed by atoms with Crippen LogP contribution in [0.3, 0.4) is 0 Å². The Morgan fingerprint density at radius 3 is 2.85 bits per heavy atom. The van der Waals surface area contributed by atoms with Crippen LogP contribution < -0.4 is 16.0 Å². The van der Waals surface area contributed by atoms with Crippen LogP contribution in [0.1, 0.15) is 58.8 Å². The highest BCUT2D eigenvalue weighted by molar-refractivity contribution is 6.33. The largest absolute Gasteiger partial charge is 0.380 e. The summed E-state index contributed by atoms with van der Waals surface area (Å²) in [5.41, 5.74) is 2.81. The number of halogens is 1. The zero-order valence-corrected chi connectivity index (χ0v) is 25.7. The second-order valence-electron chi connectivity index (χ2n) is 11.8. The van der Waals surface area contributed by atoms with Gasteiger partial charge in [-0.1, -0.05) is 11.6 Å². The van der Waals surface area contributed by atoms with Gasteiger partial charge in [0, 0.05) is 42.8 Å². The van der Waals surface area contributed by atoms with E-state index in [-0.39, 0.29) is 48.0 Å². The number of amides is 1. The van der Waals surface area contributed by atoms with Gasteiger partial charge in [-0.15, -0.1) is 0 Å². The SMILES string of the molecule is CCOC1CC2=NCC(C#N)C(Nc3ccc(NC(C)C4CCCC=N4)c(Cl)c3)C2CC1NC(=O)CCCN(C)C. The number of ether oxygens (including phenoxy) is 1. The summed E-state index contributed by atoms with van der Waals surface area (Å²) in [4.78, 5) is 24.4.